The fourth-order valence-corrected chi connectivity index (χ4v) is 2.93. The monoisotopic (exact) mass is 209 g/mol. The lowest BCUT2D eigenvalue weighted by Gasteiger charge is -2.24. The second-order valence-electron chi connectivity index (χ2n) is 4.91. The molecule has 1 saturated carbocycles. The molecular weight excluding hydrogens is 190 g/mol. The van der Waals surface area contributed by atoms with E-state index in [9.17, 15) is 0 Å². The Hall–Kier alpha value is -0.590. The number of nitriles is 1. The molecule has 0 aromatic carbocycles. The van der Waals surface area contributed by atoms with Crippen LogP contribution in [-0.4, -0.2) is 23.4 Å². The number of rotatable bonds is 3. The summed E-state index contributed by atoms with van der Waals surface area (Å²) in [5.41, 5.74) is 0.153. The molecule has 2 fully saturated rings. The zero-order chi connectivity index (χ0) is 10.7. The van der Waals surface area contributed by atoms with E-state index >= 15 is 0 Å². The lowest BCUT2D eigenvalue weighted by molar-refractivity contribution is -0.0438. The van der Waals surface area contributed by atoms with E-state index in [1.54, 1.807) is 0 Å². The highest BCUT2D eigenvalue weighted by atomic mass is 16.5. The van der Waals surface area contributed by atoms with Gasteiger partial charge in [0.2, 0.25) is 0 Å². The van der Waals surface area contributed by atoms with Crippen molar-refractivity contribution >= 4 is 0 Å². The Morgan fingerprint density at radius 3 is 2.73 bits per heavy atom. The highest BCUT2D eigenvalue weighted by Crippen LogP contribution is 2.44. The smallest absolute Gasteiger partial charge is 0.0719 e. The number of aliphatic hydroxyl groups is 1. The lowest BCUT2D eigenvalue weighted by atomic mass is 9.97. The molecule has 0 aromatic heterocycles. The first-order chi connectivity index (χ1) is 7.28. The van der Waals surface area contributed by atoms with E-state index in [-0.39, 0.29) is 24.2 Å². The summed E-state index contributed by atoms with van der Waals surface area (Å²) in [5.74, 6) is -0.244. The molecule has 1 saturated heterocycles. The molecule has 3 nitrogen and oxygen atoms in total. The molecule has 2 aliphatic rings. The first kappa shape index (κ1) is 10.9. The minimum atomic E-state index is -0.244. The molecule has 3 heteroatoms. The number of hydrogen-bond acceptors (Lipinski definition) is 3. The first-order valence-electron chi connectivity index (χ1n) is 5.96. The van der Waals surface area contributed by atoms with Crippen LogP contribution in [0.5, 0.6) is 0 Å². The summed E-state index contributed by atoms with van der Waals surface area (Å²) in [7, 11) is 0. The summed E-state index contributed by atoms with van der Waals surface area (Å²) >= 11 is 0. The van der Waals surface area contributed by atoms with Gasteiger partial charge in [-0.25, -0.2) is 0 Å². The molecule has 15 heavy (non-hydrogen) atoms. The van der Waals surface area contributed by atoms with Crippen molar-refractivity contribution < 1.29 is 9.84 Å². The second kappa shape index (κ2) is 4.51. The Balaban J connectivity index is 1.85. The first-order valence-corrected chi connectivity index (χ1v) is 5.96. The zero-order valence-corrected chi connectivity index (χ0v) is 9.11. The average Bonchev–Trinajstić information content (AvgIpc) is 2.87. The average molecular weight is 209 g/mol. The molecule has 2 unspecified atom stereocenters. The molecule has 2 rings (SSSR count). The summed E-state index contributed by atoms with van der Waals surface area (Å²) in [6.45, 7) is -0.0383. The van der Waals surface area contributed by atoms with Crippen LogP contribution in [0.1, 0.15) is 44.9 Å². The van der Waals surface area contributed by atoms with E-state index in [0.717, 1.165) is 12.8 Å². The maximum Gasteiger partial charge on any atom is 0.0719 e. The van der Waals surface area contributed by atoms with Crippen molar-refractivity contribution in [2.75, 3.05) is 6.61 Å². The van der Waals surface area contributed by atoms with Crippen LogP contribution in [0.4, 0.5) is 0 Å². The third-order valence-corrected chi connectivity index (χ3v) is 3.80. The van der Waals surface area contributed by atoms with Crippen molar-refractivity contribution in [2.24, 2.45) is 5.92 Å². The minimum absolute atomic E-state index is 0.0383. The van der Waals surface area contributed by atoms with Crippen molar-refractivity contribution in [1.82, 2.24) is 0 Å². The van der Waals surface area contributed by atoms with Gasteiger partial charge in [0.25, 0.3) is 0 Å². The molecule has 0 radical (unpaired) electrons. The molecule has 1 aliphatic carbocycles. The van der Waals surface area contributed by atoms with Gasteiger partial charge in [-0.2, -0.15) is 5.26 Å². The molecule has 1 N–H and O–H groups in total. The number of nitrogens with zero attached hydrogens (tertiary/aromatic N) is 1. The third-order valence-electron chi connectivity index (χ3n) is 3.80. The molecule has 2 atom stereocenters. The predicted octanol–water partition coefficient (Wildman–Crippen LogP) is 2.00. The van der Waals surface area contributed by atoms with Gasteiger partial charge in [-0.15, -0.1) is 0 Å². The lowest BCUT2D eigenvalue weighted by Crippen LogP contribution is -2.26. The van der Waals surface area contributed by atoms with Crippen molar-refractivity contribution in [3.63, 3.8) is 0 Å². The van der Waals surface area contributed by atoms with Gasteiger partial charge in [0.15, 0.2) is 0 Å². The van der Waals surface area contributed by atoms with Gasteiger partial charge in [0.1, 0.15) is 0 Å². The maximum absolute atomic E-state index is 8.97. The van der Waals surface area contributed by atoms with Gasteiger partial charge < -0.3 is 9.84 Å². The molecule has 0 bridgehead atoms. The van der Waals surface area contributed by atoms with Gasteiger partial charge in [-0.05, 0) is 32.1 Å². The summed E-state index contributed by atoms with van der Waals surface area (Å²) in [6, 6.07) is 2.13. The van der Waals surface area contributed by atoms with Crippen LogP contribution >= 0.6 is 0 Å². The Morgan fingerprint density at radius 2 is 2.13 bits per heavy atom. The number of hydrogen-bond donors (Lipinski definition) is 1. The topological polar surface area (TPSA) is 53.2 Å². The molecule has 1 aliphatic heterocycles. The van der Waals surface area contributed by atoms with Crippen LogP contribution < -0.4 is 0 Å². The fraction of sp³-hybridized carbons (Fsp3) is 0.917. The Morgan fingerprint density at radius 1 is 1.40 bits per heavy atom. The summed E-state index contributed by atoms with van der Waals surface area (Å²) in [5, 5.41) is 17.7. The van der Waals surface area contributed by atoms with Crippen molar-refractivity contribution in [3.8, 4) is 6.07 Å². The van der Waals surface area contributed by atoms with E-state index in [1.807, 2.05) is 0 Å². The van der Waals surface area contributed by atoms with Crippen LogP contribution in [0.3, 0.4) is 0 Å². The van der Waals surface area contributed by atoms with Gasteiger partial charge in [-0.1, -0.05) is 12.8 Å². The van der Waals surface area contributed by atoms with Crippen LogP contribution in [0.25, 0.3) is 0 Å². The minimum Gasteiger partial charge on any atom is -0.395 e. The fourth-order valence-electron chi connectivity index (χ4n) is 2.93. The second-order valence-corrected chi connectivity index (χ2v) is 4.91. The summed E-state index contributed by atoms with van der Waals surface area (Å²) in [6.07, 6.45) is 8.09. The Labute approximate surface area is 91.0 Å². The Bertz CT molecular complexity index is 253. The summed E-state index contributed by atoms with van der Waals surface area (Å²) < 4.78 is 6.08. The highest BCUT2D eigenvalue weighted by molar-refractivity contribution is 4.95. The quantitative estimate of drug-likeness (QED) is 0.773. The van der Waals surface area contributed by atoms with E-state index < -0.39 is 0 Å². The van der Waals surface area contributed by atoms with Crippen molar-refractivity contribution in [2.45, 2.75) is 56.7 Å². The van der Waals surface area contributed by atoms with Crippen LogP contribution in [0, 0.1) is 17.2 Å². The molecule has 1 spiro atoms. The molecular formula is C12H19NO2. The molecule has 1 heterocycles. The summed E-state index contributed by atoms with van der Waals surface area (Å²) in [4.78, 5) is 0. The number of ether oxygens (including phenoxy) is 1. The normalized spacial score (nSPS) is 30.5. The van der Waals surface area contributed by atoms with Crippen LogP contribution in [0.15, 0.2) is 0 Å². The highest BCUT2D eigenvalue weighted by Gasteiger charge is 2.42. The zero-order valence-electron chi connectivity index (χ0n) is 9.11. The number of aliphatic hydroxyl groups excluding tert-OH is 1. The van der Waals surface area contributed by atoms with Gasteiger partial charge in [0.05, 0.1) is 30.3 Å². The predicted molar refractivity (Wildman–Crippen MR) is 56.1 cm³/mol. The standard InChI is InChI=1S/C12H19NO2/c13-8-10(9-14)7-11-3-6-12(15-11)4-1-2-5-12/h10-11,14H,1-7,9H2. The van der Waals surface area contributed by atoms with Crippen LogP contribution in [-0.2, 0) is 4.74 Å². The molecule has 0 amide bonds. The Kier molecular flexibility index (Phi) is 3.28. The molecule has 84 valence electrons. The van der Waals surface area contributed by atoms with E-state index in [4.69, 9.17) is 15.1 Å². The van der Waals surface area contributed by atoms with Gasteiger partial charge >= 0.3 is 0 Å². The van der Waals surface area contributed by atoms with Crippen molar-refractivity contribution in [3.05, 3.63) is 0 Å². The van der Waals surface area contributed by atoms with E-state index in [1.165, 1.54) is 25.7 Å². The van der Waals surface area contributed by atoms with Gasteiger partial charge in [-0.3, -0.25) is 0 Å². The van der Waals surface area contributed by atoms with Crippen molar-refractivity contribution in [1.29, 1.82) is 5.26 Å². The van der Waals surface area contributed by atoms with E-state index in [0.29, 0.717) is 6.42 Å². The van der Waals surface area contributed by atoms with Crippen LogP contribution in [0.2, 0.25) is 0 Å². The maximum atomic E-state index is 8.97. The third kappa shape index (κ3) is 2.32. The SMILES string of the molecule is N#CC(CO)CC1CCC2(CCCC2)O1. The van der Waals surface area contributed by atoms with Gasteiger partial charge in [0, 0.05) is 0 Å². The largest absolute Gasteiger partial charge is 0.395 e. The molecule has 0 aromatic rings. The van der Waals surface area contributed by atoms with E-state index in [2.05, 4.69) is 6.07 Å².